The molecule has 0 saturated carbocycles. The van der Waals surface area contributed by atoms with Crippen LogP contribution in [-0.4, -0.2) is 29.8 Å². The van der Waals surface area contributed by atoms with Crippen LogP contribution in [0.15, 0.2) is 27.8 Å². The second-order valence-corrected chi connectivity index (χ2v) is 6.83. The quantitative estimate of drug-likeness (QED) is 0.847. The topological polar surface area (TPSA) is 100 Å². The average molecular weight is 375 g/mol. The van der Waals surface area contributed by atoms with E-state index in [1.165, 1.54) is 10.9 Å². The van der Waals surface area contributed by atoms with Gasteiger partial charge in [0.25, 0.3) is 0 Å². The van der Waals surface area contributed by atoms with E-state index in [1.54, 1.807) is 13.2 Å². The first-order valence-corrected chi connectivity index (χ1v) is 8.47. The highest BCUT2D eigenvalue weighted by molar-refractivity contribution is 9.10. The lowest BCUT2D eigenvalue weighted by Crippen LogP contribution is -2.14. The molecule has 7 nitrogen and oxygen atoms in total. The Balaban J connectivity index is 2.45. The van der Waals surface area contributed by atoms with Gasteiger partial charge in [-0.05, 0) is 28.9 Å². The molecule has 0 radical (unpaired) electrons. The Morgan fingerprint density at radius 2 is 2.19 bits per heavy atom. The summed E-state index contributed by atoms with van der Waals surface area (Å²) < 4.78 is 30.8. The van der Waals surface area contributed by atoms with Crippen molar-refractivity contribution in [3.05, 3.63) is 34.2 Å². The Labute approximate surface area is 131 Å². The van der Waals surface area contributed by atoms with Crippen LogP contribution in [0.2, 0.25) is 0 Å². The van der Waals surface area contributed by atoms with Crippen molar-refractivity contribution in [1.82, 2.24) is 14.8 Å². The normalized spacial score (nSPS) is 11.6. The van der Waals surface area contributed by atoms with Gasteiger partial charge < -0.3 is 4.74 Å². The number of ether oxygens (including phenoxy) is 1. The third-order valence-corrected chi connectivity index (χ3v) is 4.09. The van der Waals surface area contributed by atoms with E-state index < -0.39 is 10.0 Å². The first kappa shape index (κ1) is 15.9. The molecule has 2 heterocycles. The number of pyridine rings is 1. The van der Waals surface area contributed by atoms with Gasteiger partial charge in [-0.1, -0.05) is 0 Å². The van der Waals surface area contributed by atoms with E-state index in [-0.39, 0.29) is 11.3 Å². The number of halogens is 1. The molecule has 9 heteroatoms. The maximum Gasteiger partial charge on any atom is 0.241 e. The molecule has 0 spiro atoms. The number of hydrogen-bond acceptors (Lipinski definition) is 5. The molecule has 0 atom stereocenters. The Kier molecular flexibility index (Phi) is 4.64. The van der Waals surface area contributed by atoms with Crippen molar-refractivity contribution in [3.63, 3.8) is 0 Å². The van der Waals surface area contributed by atoms with Crippen molar-refractivity contribution >= 4 is 26.0 Å². The molecule has 0 aliphatic rings. The number of hydrogen-bond donors (Lipinski definition) is 1. The van der Waals surface area contributed by atoms with Gasteiger partial charge in [0, 0.05) is 35.9 Å². The fourth-order valence-corrected chi connectivity index (χ4v) is 3.03. The third-order valence-electron chi connectivity index (χ3n) is 2.70. The van der Waals surface area contributed by atoms with E-state index in [0.717, 1.165) is 10.0 Å². The number of aryl methyl sites for hydroxylation is 1. The third kappa shape index (κ3) is 3.80. The molecule has 0 aliphatic heterocycles. The molecule has 0 bridgehead atoms. The molecule has 0 aliphatic carbocycles. The second kappa shape index (κ2) is 6.12. The smallest absolute Gasteiger partial charge is 0.241 e. The summed E-state index contributed by atoms with van der Waals surface area (Å²) >= 11 is 3.34. The van der Waals surface area contributed by atoms with Crippen molar-refractivity contribution in [1.29, 1.82) is 0 Å². The second-order valence-electron chi connectivity index (χ2n) is 4.39. The first-order valence-electron chi connectivity index (χ1n) is 6.13. The van der Waals surface area contributed by atoms with E-state index in [4.69, 9.17) is 9.88 Å². The Hall–Kier alpha value is -1.45. The van der Waals surface area contributed by atoms with Crippen LogP contribution in [0.5, 0.6) is 5.88 Å². The first-order chi connectivity index (χ1) is 9.81. The van der Waals surface area contributed by atoms with Crippen molar-refractivity contribution in [2.75, 3.05) is 6.61 Å². The number of sulfonamides is 1. The molecule has 0 saturated heterocycles. The Morgan fingerprint density at radius 3 is 2.81 bits per heavy atom. The van der Waals surface area contributed by atoms with Crippen LogP contribution in [0.25, 0.3) is 0 Å². The van der Waals surface area contributed by atoms with Crippen LogP contribution >= 0.6 is 15.9 Å². The number of nitrogens with zero attached hydrogens (tertiary/aromatic N) is 3. The molecule has 2 aromatic rings. The predicted molar refractivity (Wildman–Crippen MR) is 80.5 cm³/mol. The summed E-state index contributed by atoms with van der Waals surface area (Å²) in [4.78, 5) is 4.19. The molecule has 21 heavy (non-hydrogen) atoms. The van der Waals surface area contributed by atoms with Gasteiger partial charge in [0.2, 0.25) is 15.9 Å². The van der Waals surface area contributed by atoms with Gasteiger partial charge in [0.15, 0.2) is 0 Å². The fourth-order valence-electron chi connectivity index (χ4n) is 1.92. The maximum absolute atomic E-state index is 11.6. The van der Waals surface area contributed by atoms with Gasteiger partial charge >= 0.3 is 0 Å². The number of primary sulfonamides is 1. The van der Waals surface area contributed by atoms with E-state index >= 15 is 0 Å². The van der Waals surface area contributed by atoms with E-state index in [0.29, 0.717) is 18.2 Å². The monoisotopic (exact) mass is 374 g/mol. The van der Waals surface area contributed by atoms with Crippen LogP contribution in [0.3, 0.4) is 0 Å². The largest absolute Gasteiger partial charge is 0.478 e. The molecular weight excluding hydrogens is 360 g/mol. The number of nitrogens with two attached hydrogens (primary N) is 1. The molecule has 2 N–H and O–H groups in total. The summed E-state index contributed by atoms with van der Waals surface area (Å²) in [5.41, 5.74) is 1.09. The van der Waals surface area contributed by atoms with Gasteiger partial charge in [0.05, 0.1) is 12.3 Å². The van der Waals surface area contributed by atoms with Crippen LogP contribution < -0.4 is 9.88 Å². The molecule has 2 rings (SSSR count). The summed E-state index contributed by atoms with van der Waals surface area (Å²) in [7, 11) is -2.18. The van der Waals surface area contributed by atoms with Crippen LogP contribution in [0.1, 0.15) is 18.2 Å². The van der Waals surface area contributed by atoms with Gasteiger partial charge in [-0.25, -0.2) is 18.5 Å². The Morgan fingerprint density at radius 1 is 1.48 bits per heavy atom. The van der Waals surface area contributed by atoms with E-state index in [1.807, 2.05) is 13.0 Å². The lowest BCUT2D eigenvalue weighted by molar-refractivity contribution is 0.323. The molecule has 0 fully saturated rings. The molecule has 114 valence electrons. The van der Waals surface area contributed by atoms with Crippen LogP contribution in [-0.2, 0) is 23.5 Å². The van der Waals surface area contributed by atoms with Crippen LogP contribution in [0, 0.1) is 0 Å². The summed E-state index contributed by atoms with van der Waals surface area (Å²) in [5.74, 6) is 0.451. The molecule has 0 amide bonds. The zero-order valence-electron chi connectivity index (χ0n) is 11.6. The molecular formula is C12H15BrN4O3S. The van der Waals surface area contributed by atoms with Crippen LogP contribution in [0.4, 0.5) is 0 Å². The Bertz CT molecular complexity index is 758. The van der Waals surface area contributed by atoms with Gasteiger partial charge in [0.1, 0.15) is 4.90 Å². The predicted octanol–water partition coefficient (Wildman–Crippen LogP) is 1.21. The lowest BCUT2D eigenvalue weighted by atomic mass is 10.1. The minimum atomic E-state index is -3.82. The zero-order chi connectivity index (χ0) is 15.6. The molecule has 0 aromatic carbocycles. The van der Waals surface area contributed by atoms with E-state index in [2.05, 4.69) is 26.0 Å². The summed E-state index contributed by atoms with van der Waals surface area (Å²) in [6.45, 7) is 2.32. The van der Waals surface area contributed by atoms with Gasteiger partial charge in [-0.3, -0.25) is 4.68 Å². The van der Waals surface area contributed by atoms with Crippen molar-refractivity contribution in [2.24, 2.45) is 12.2 Å². The number of aromatic nitrogens is 3. The fraction of sp³-hybridized carbons (Fsp3) is 0.333. The highest BCUT2D eigenvalue weighted by Gasteiger charge is 2.20. The SMILES string of the molecule is CCOc1ncc(Br)cc1Cc1nn(C)cc1S(N)(=O)=O. The number of rotatable bonds is 5. The molecule has 2 aromatic heterocycles. The standard InChI is InChI=1S/C12H15BrN4O3S/c1-3-20-12-8(4-9(13)6-15-12)5-10-11(21(14,18)19)7-17(2)16-10/h4,6-7H,3,5H2,1-2H3,(H2,14,18,19). The summed E-state index contributed by atoms with van der Waals surface area (Å²) in [5, 5.41) is 9.38. The summed E-state index contributed by atoms with van der Waals surface area (Å²) in [6.07, 6.45) is 3.26. The molecule has 0 unspecified atom stereocenters. The highest BCUT2D eigenvalue weighted by atomic mass is 79.9. The summed E-state index contributed by atoms with van der Waals surface area (Å²) in [6, 6.07) is 1.82. The van der Waals surface area contributed by atoms with Gasteiger partial charge in [-0.2, -0.15) is 5.10 Å². The minimum absolute atomic E-state index is 0.00687. The van der Waals surface area contributed by atoms with Gasteiger partial charge in [-0.15, -0.1) is 0 Å². The minimum Gasteiger partial charge on any atom is -0.478 e. The van der Waals surface area contributed by atoms with E-state index in [9.17, 15) is 8.42 Å². The maximum atomic E-state index is 11.6. The zero-order valence-corrected chi connectivity index (χ0v) is 14.0. The van der Waals surface area contributed by atoms with Crippen molar-refractivity contribution < 1.29 is 13.2 Å². The average Bonchev–Trinajstić information content (AvgIpc) is 2.74. The van der Waals surface area contributed by atoms with Crippen molar-refractivity contribution in [2.45, 2.75) is 18.2 Å². The highest BCUT2D eigenvalue weighted by Crippen LogP contribution is 2.24. The lowest BCUT2D eigenvalue weighted by Gasteiger charge is -2.09. The van der Waals surface area contributed by atoms with Crippen molar-refractivity contribution in [3.8, 4) is 5.88 Å².